The maximum Gasteiger partial charge on any atom is 0.265 e. The number of nitrogens with zero attached hydrogens (tertiary/aromatic N) is 2. The molecule has 3 heterocycles. The van der Waals surface area contributed by atoms with Crippen molar-refractivity contribution in [1.82, 2.24) is 4.90 Å². The Balaban J connectivity index is 1.56. The Bertz CT molecular complexity index is 774. The average Bonchev–Trinajstić information content (AvgIpc) is 3.18. The molecule has 4 rings (SSSR count). The van der Waals surface area contributed by atoms with Gasteiger partial charge in [0.05, 0.1) is 25.2 Å². The zero-order chi connectivity index (χ0) is 17.2. The number of furan rings is 1. The molecule has 1 atom stereocenters. The quantitative estimate of drug-likeness (QED) is 0.847. The van der Waals surface area contributed by atoms with E-state index in [1.54, 1.807) is 29.4 Å². The number of morpholine rings is 1. The molecule has 1 saturated heterocycles. The number of amides is 2. The SMILES string of the molecule is O=C1COc2ccccc2N1CC(=O)N1CCOCC1c1ccco1. The predicted octanol–water partition coefficient (Wildman–Crippen LogP) is 1.61. The number of hydrogen-bond donors (Lipinski definition) is 0. The van der Waals surface area contributed by atoms with Crippen LogP contribution in [-0.2, 0) is 14.3 Å². The normalized spacial score (nSPS) is 20.2. The zero-order valence-electron chi connectivity index (χ0n) is 13.6. The van der Waals surface area contributed by atoms with E-state index in [1.165, 1.54) is 4.90 Å². The van der Waals surface area contributed by atoms with Gasteiger partial charge in [-0.1, -0.05) is 12.1 Å². The number of anilines is 1. The molecule has 0 radical (unpaired) electrons. The van der Waals surface area contributed by atoms with Crippen LogP contribution in [0, 0.1) is 0 Å². The van der Waals surface area contributed by atoms with Gasteiger partial charge in [-0.05, 0) is 24.3 Å². The number of para-hydroxylation sites is 2. The molecule has 2 aromatic rings. The molecule has 7 nitrogen and oxygen atoms in total. The summed E-state index contributed by atoms with van der Waals surface area (Å²) in [7, 11) is 0. The molecular formula is C18H18N2O5. The van der Waals surface area contributed by atoms with E-state index < -0.39 is 0 Å². The summed E-state index contributed by atoms with van der Waals surface area (Å²) < 4.78 is 16.4. The van der Waals surface area contributed by atoms with E-state index in [2.05, 4.69) is 0 Å². The fourth-order valence-electron chi connectivity index (χ4n) is 3.17. The highest BCUT2D eigenvalue weighted by molar-refractivity contribution is 6.02. The van der Waals surface area contributed by atoms with Gasteiger partial charge in [0.1, 0.15) is 24.1 Å². The van der Waals surface area contributed by atoms with Crippen LogP contribution in [0.3, 0.4) is 0 Å². The molecule has 7 heteroatoms. The minimum absolute atomic E-state index is 0.0313. The van der Waals surface area contributed by atoms with Gasteiger partial charge in [-0.3, -0.25) is 14.5 Å². The van der Waals surface area contributed by atoms with Crippen molar-refractivity contribution in [3.8, 4) is 5.75 Å². The summed E-state index contributed by atoms with van der Waals surface area (Å²) in [5, 5.41) is 0. The molecule has 2 aliphatic rings. The molecule has 25 heavy (non-hydrogen) atoms. The summed E-state index contributed by atoms with van der Waals surface area (Å²) in [6.45, 7) is 1.22. The van der Waals surface area contributed by atoms with E-state index in [4.69, 9.17) is 13.9 Å². The van der Waals surface area contributed by atoms with Crippen molar-refractivity contribution >= 4 is 17.5 Å². The first-order chi connectivity index (χ1) is 12.2. The Morgan fingerprint density at radius 2 is 2.08 bits per heavy atom. The molecular weight excluding hydrogens is 324 g/mol. The van der Waals surface area contributed by atoms with Crippen LogP contribution in [0.2, 0.25) is 0 Å². The lowest BCUT2D eigenvalue weighted by Gasteiger charge is -2.36. The van der Waals surface area contributed by atoms with Gasteiger partial charge in [-0.2, -0.15) is 0 Å². The van der Waals surface area contributed by atoms with Crippen molar-refractivity contribution in [2.24, 2.45) is 0 Å². The first-order valence-electron chi connectivity index (χ1n) is 8.17. The smallest absolute Gasteiger partial charge is 0.265 e. The molecule has 1 fully saturated rings. The number of carbonyl (C=O) groups excluding carboxylic acids is 2. The average molecular weight is 342 g/mol. The summed E-state index contributed by atoms with van der Waals surface area (Å²) >= 11 is 0. The second kappa shape index (κ2) is 6.60. The maximum absolute atomic E-state index is 12.9. The highest BCUT2D eigenvalue weighted by atomic mass is 16.5. The minimum Gasteiger partial charge on any atom is -0.482 e. The second-order valence-corrected chi connectivity index (χ2v) is 5.93. The van der Waals surface area contributed by atoms with Crippen LogP contribution in [0.4, 0.5) is 5.69 Å². The molecule has 2 aliphatic heterocycles. The van der Waals surface area contributed by atoms with Crippen LogP contribution < -0.4 is 9.64 Å². The topological polar surface area (TPSA) is 72.2 Å². The number of ether oxygens (including phenoxy) is 2. The van der Waals surface area contributed by atoms with Crippen molar-refractivity contribution < 1.29 is 23.5 Å². The highest BCUT2D eigenvalue weighted by Crippen LogP contribution is 2.32. The lowest BCUT2D eigenvalue weighted by Crippen LogP contribution is -2.50. The van der Waals surface area contributed by atoms with Gasteiger partial charge in [0.2, 0.25) is 5.91 Å². The zero-order valence-corrected chi connectivity index (χ0v) is 13.6. The molecule has 2 amide bonds. The van der Waals surface area contributed by atoms with Gasteiger partial charge in [0.15, 0.2) is 6.61 Å². The third-order valence-corrected chi connectivity index (χ3v) is 4.42. The fraction of sp³-hybridized carbons (Fsp3) is 0.333. The molecule has 0 N–H and O–H groups in total. The number of hydrogen-bond acceptors (Lipinski definition) is 5. The Hall–Kier alpha value is -2.80. The lowest BCUT2D eigenvalue weighted by atomic mass is 10.1. The highest BCUT2D eigenvalue weighted by Gasteiger charge is 2.34. The van der Waals surface area contributed by atoms with Gasteiger partial charge < -0.3 is 18.8 Å². The van der Waals surface area contributed by atoms with Crippen LogP contribution in [-0.4, -0.2) is 49.6 Å². The molecule has 0 bridgehead atoms. The second-order valence-electron chi connectivity index (χ2n) is 5.93. The van der Waals surface area contributed by atoms with Crippen LogP contribution in [0.1, 0.15) is 11.8 Å². The van der Waals surface area contributed by atoms with Gasteiger partial charge in [0, 0.05) is 6.54 Å². The Morgan fingerprint density at radius 3 is 2.92 bits per heavy atom. The first kappa shape index (κ1) is 15.7. The van der Waals surface area contributed by atoms with E-state index in [0.717, 1.165) is 0 Å². The van der Waals surface area contributed by atoms with E-state index >= 15 is 0 Å². The molecule has 1 aromatic carbocycles. The van der Waals surface area contributed by atoms with Gasteiger partial charge in [-0.15, -0.1) is 0 Å². The van der Waals surface area contributed by atoms with E-state index in [-0.39, 0.29) is 31.0 Å². The predicted molar refractivity (Wildman–Crippen MR) is 88.3 cm³/mol. The maximum atomic E-state index is 12.9. The molecule has 0 spiro atoms. The fourth-order valence-corrected chi connectivity index (χ4v) is 3.17. The molecule has 1 aromatic heterocycles. The van der Waals surface area contributed by atoms with E-state index in [1.807, 2.05) is 18.2 Å². The van der Waals surface area contributed by atoms with Crippen molar-refractivity contribution in [2.45, 2.75) is 6.04 Å². The summed E-state index contributed by atoms with van der Waals surface area (Å²) in [5.41, 5.74) is 0.620. The summed E-state index contributed by atoms with van der Waals surface area (Å²) in [6, 6.07) is 10.6. The number of rotatable bonds is 3. The van der Waals surface area contributed by atoms with Gasteiger partial charge >= 0.3 is 0 Å². The first-order valence-corrected chi connectivity index (χ1v) is 8.17. The van der Waals surface area contributed by atoms with Crippen LogP contribution in [0.15, 0.2) is 47.1 Å². The Morgan fingerprint density at radius 1 is 1.20 bits per heavy atom. The number of benzene rings is 1. The van der Waals surface area contributed by atoms with E-state index in [9.17, 15) is 9.59 Å². The summed E-state index contributed by atoms with van der Waals surface area (Å²) in [6.07, 6.45) is 1.58. The molecule has 0 aliphatic carbocycles. The summed E-state index contributed by atoms with van der Waals surface area (Å²) in [5.74, 6) is 0.922. The van der Waals surface area contributed by atoms with Crippen LogP contribution in [0.5, 0.6) is 5.75 Å². The largest absolute Gasteiger partial charge is 0.482 e. The van der Waals surface area contributed by atoms with Gasteiger partial charge in [0.25, 0.3) is 5.91 Å². The van der Waals surface area contributed by atoms with E-state index in [0.29, 0.717) is 37.0 Å². The van der Waals surface area contributed by atoms with Crippen molar-refractivity contribution in [1.29, 1.82) is 0 Å². The van der Waals surface area contributed by atoms with Crippen LogP contribution >= 0.6 is 0 Å². The van der Waals surface area contributed by atoms with Crippen molar-refractivity contribution in [2.75, 3.05) is 37.8 Å². The van der Waals surface area contributed by atoms with Crippen molar-refractivity contribution in [3.05, 3.63) is 48.4 Å². The van der Waals surface area contributed by atoms with Crippen LogP contribution in [0.25, 0.3) is 0 Å². The van der Waals surface area contributed by atoms with Crippen molar-refractivity contribution in [3.63, 3.8) is 0 Å². The summed E-state index contributed by atoms with van der Waals surface area (Å²) in [4.78, 5) is 28.4. The Kier molecular flexibility index (Phi) is 4.15. The minimum atomic E-state index is -0.275. The monoisotopic (exact) mass is 342 g/mol. The third kappa shape index (κ3) is 2.98. The lowest BCUT2D eigenvalue weighted by molar-refractivity contribution is -0.140. The standard InChI is InChI=1S/C18H18N2O5/c21-17(19-7-9-23-11-14(19)16-6-3-8-24-16)10-20-13-4-1-2-5-15(13)25-12-18(20)22/h1-6,8,14H,7,9-12H2. The molecule has 130 valence electrons. The van der Waals surface area contributed by atoms with Gasteiger partial charge in [-0.25, -0.2) is 0 Å². The molecule has 0 saturated carbocycles. The Labute approximate surface area is 144 Å². The molecule has 1 unspecified atom stereocenters. The third-order valence-electron chi connectivity index (χ3n) is 4.42. The number of fused-ring (bicyclic) bond motifs is 1. The number of carbonyl (C=O) groups is 2.